The van der Waals surface area contributed by atoms with Crippen molar-refractivity contribution in [1.82, 2.24) is 10.2 Å². The molecular weight excluding hydrogens is 613 g/mol. The summed E-state index contributed by atoms with van der Waals surface area (Å²) in [5.41, 5.74) is 12.9. The lowest BCUT2D eigenvalue weighted by Gasteiger charge is -2.59. The Labute approximate surface area is 271 Å². The number of nitrogens with two attached hydrogens (primary N) is 2. The monoisotopic (exact) mass is 656 g/mol. The Morgan fingerprint density at radius 2 is 1.49 bits per heavy atom. The average Bonchev–Trinajstić information content (AvgIpc) is 3.50. The van der Waals surface area contributed by atoms with Gasteiger partial charge in [-0.25, -0.2) is 0 Å². The lowest BCUT2D eigenvalue weighted by molar-refractivity contribution is -0.188. The van der Waals surface area contributed by atoms with Crippen LogP contribution >= 0.6 is 0 Å². The highest BCUT2D eigenvalue weighted by Gasteiger charge is 2.69. The first kappa shape index (κ1) is 32.4. The van der Waals surface area contributed by atoms with Gasteiger partial charge < -0.3 is 32.1 Å². The van der Waals surface area contributed by atoms with Gasteiger partial charge in [0.1, 0.15) is 5.75 Å². The van der Waals surface area contributed by atoms with Gasteiger partial charge in [-0.3, -0.25) is 14.5 Å². The van der Waals surface area contributed by atoms with Crippen molar-refractivity contribution in [2.75, 3.05) is 19.6 Å². The number of primary amides is 2. The molecule has 9 nitrogen and oxygen atoms in total. The summed E-state index contributed by atoms with van der Waals surface area (Å²) in [4.78, 5) is 24.9. The minimum atomic E-state index is -4.37. The molecule has 4 aliphatic carbocycles. The number of aryl methyl sites for hydroxylation is 1. The number of alkyl halides is 3. The average molecular weight is 657 g/mol. The van der Waals surface area contributed by atoms with E-state index in [1.54, 1.807) is 12.1 Å². The Morgan fingerprint density at radius 3 is 2.15 bits per heavy atom. The van der Waals surface area contributed by atoms with Crippen molar-refractivity contribution >= 4 is 11.8 Å². The van der Waals surface area contributed by atoms with Crippen LogP contribution in [0.2, 0.25) is 0 Å². The van der Waals surface area contributed by atoms with Crippen molar-refractivity contribution in [3.63, 3.8) is 0 Å². The summed E-state index contributed by atoms with van der Waals surface area (Å²) in [5.74, 6) is -1.59. The molecule has 2 aromatic carbocycles. The van der Waals surface area contributed by atoms with E-state index in [1.807, 2.05) is 0 Å². The molecule has 0 aromatic heterocycles. The van der Waals surface area contributed by atoms with E-state index < -0.39 is 47.2 Å². The van der Waals surface area contributed by atoms with Gasteiger partial charge in [-0.15, -0.1) is 0 Å². The van der Waals surface area contributed by atoms with Crippen molar-refractivity contribution in [3.8, 4) is 5.75 Å². The molecule has 2 saturated carbocycles. The number of phenols is 1. The van der Waals surface area contributed by atoms with Gasteiger partial charge in [0.05, 0.1) is 17.7 Å². The Morgan fingerprint density at radius 1 is 0.894 bits per heavy atom. The largest absolute Gasteiger partial charge is 0.508 e. The first-order valence-electron chi connectivity index (χ1n) is 16.5. The zero-order valence-corrected chi connectivity index (χ0v) is 26.4. The van der Waals surface area contributed by atoms with Crippen molar-refractivity contribution < 1.29 is 38.1 Å². The number of likely N-dealkylation sites (tertiary alicyclic amines) is 1. The molecule has 2 aliphatic heterocycles. The van der Waals surface area contributed by atoms with Crippen LogP contribution in [-0.4, -0.2) is 81.1 Å². The van der Waals surface area contributed by atoms with E-state index in [2.05, 4.69) is 30.4 Å². The number of aromatic hydroxyl groups is 1. The van der Waals surface area contributed by atoms with Crippen LogP contribution in [0, 0.1) is 18.8 Å². The summed E-state index contributed by atoms with van der Waals surface area (Å²) < 4.78 is 39.2. The lowest BCUT2D eigenvalue weighted by Crippen LogP contribution is -2.70. The molecular formula is C35H43F3N4O5. The molecule has 0 spiro atoms. The smallest absolute Gasteiger partial charge is 0.401 e. The highest BCUT2D eigenvalue weighted by Crippen LogP contribution is 2.62. The normalized spacial score (nSPS) is 38.3. The lowest BCUT2D eigenvalue weighted by atomic mass is 9.56. The fraction of sp³-hybridized carbons (Fsp3) is 0.600. The predicted octanol–water partition coefficient (Wildman–Crippen LogP) is 2.23. The molecule has 8 N–H and O–H groups in total. The van der Waals surface area contributed by atoms with Gasteiger partial charge in [0.2, 0.25) is 11.8 Å². The summed E-state index contributed by atoms with van der Waals surface area (Å²) >= 11 is 0. The second-order valence-electron chi connectivity index (χ2n) is 15.0. The molecule has 2 amide bonds. The molecule has 254 valence electrons. The number of nitrogens with zero attached hydrogens (tertiary/aromatic N) is 1. The molecule has 2 aromatic rings. The van der Waals surface area contributed by atoms with Crippen LogP contribution in [0.3, 0.4) is 0 Å². The Bertz CT molecular complexity index is 1640. The maximum absolute atomic E-state index is 13.1. The van der Waals surface area contributed by atoms with Crippen LogP contribution in [0.15, 0.2) is 36.4 Å². The number of nitrogens with one attached hydrogen (secondary N) is 1. The van der Waals surface area contributed by atoms with Gasteiger partial charge >= 0.3 is 6.18 Å². The van der Waals surface area contributed by atoms with Crippen molar-refractivity contribution in [1.29, 1.82) is 0 Å². The number of carbonyl (C=O) groups excluding carboxylic acids is 2. The number of hydrogen-bond acceptors (Lipinski definition) is 7. The number of piperidine rings is 2. The third-order valence-electron chi connectivity index (χ3n) is 12.7. The number of halogens is 3. The minimum absolute atomic E-state index is 0.0332. The molecule has 2 saturated heterocycles. The third-order valence-corrected chi connectivity index (χ3v) is 12.7. The van der Waals surface area contributed by atoms with Crippen LogP contribution in [0.1, 0.15) is 66.3 Å². The molecule has 4 fully saturated rings. The quantitative estimate of drug-likeness (QED) is 0.295. The van der Waals surface area contributed by atoms with Crippen LogP contribution < -0.4 is 16.8 Å². The van der Waals surface area contributed by atoms with E-state index in [0.29, 0.717) is 19.3 Å². The molecule has 0 radical (unpaired) electrons. The van der Waals surface area contributed by atoms with Crippen molar-refractivity contribution in [3.05, 3.63) is 64.2 Å². The second kappa shape index (κ2) is 10.7. The number of fused-ring (bicyclic) bond motifs is 2. The molecule has 47 heavy (non-hydrogen) atoms. The summed E-state index contributed by atoms with van der Waals surface area (Å²) in [5, 5.41) is 36.5. The van der Waals surface area contributed by atoms with Crippen LogP contribution in [0.25, 0.3) is 0 Å². The van der Waals surface area contributed by atoms with Crippen LogP contribution in [0.5, 0.6) is 5.75 Å². The molecule has 2 unspecified atom stereocenters. The number of amides is 2. The fourth-order valence-corrected chi connectivity index (χ4v) is 10.7. The van der Waals surface area contributed by atoms with E-state index in [1.165, 1.54) is 27.7 Å². The van der Waals surface area contributed by atoms with E-state index in [9.17, 15) is 38.1 Å². The van der Waals surface area contributed by atoms with Gasteiger partial charge in [-0.1, -0.05) is 29.8 Å². The summed E-state index contributed by atoms with van der Waals surface area (Å²) in [6, 6.07) is 10.6. The minimum Gasteiger partial charge on any atom is -0.508 e. The predicted molar refractivity (Wildman–Crippen MR) is 166 cm³/mol. The Hall–Kier alpha value is -3.19. The van der Waals surface area contributed by atoms with Crippen molar-refractivity contribution in [2.24, 2.45) is 23.3 Å². The molecule has 12 heteroatoms. The summed E-state index contributed by atoms with van der Waals surface area (Å²) in [6.07, 6.45) is -0.596. The van der Waals surface area contributed by atoms with Gasteiger partial charge in [-0.05, 0) is 106 Å². The fourth-order valence-electron chi connectivity index (χ4n) is 10.7. The van der Waals surface area contributed by atoms with Crippen LogP contribution in [0.4, 0.5) is 13.2 Å². The maximum Gasteiger partial charge on any atom is 0.401 e. The first-order chi connectivity index (χ1) is 22.0. The Balaban J connectivity index is 0.000000153. The van der Waals surface area contributed by atoms with Gasteiger partial charge in [-0.2, -0.15) is 13.2 Å². The highest BCUT2D eigenvalue weighted by molar-refractivity contribution is 5.78. The molecule has 8 atom stereocenters. The zero-order chi connectivity index (χ0) is 33.7. The molecule has 2 heterocycles. The number of rotatable bonds is 3. The topological polar surface area (TPSA) is 162 Å². The summed E-state index contributed by atoms with van der Waals surface area (Å²) in [7, 11) is 0. The van der Waals surface area contributed by atoms with E-state index in [4.69, 9.17) is 11.5 Å². The van der Waals surface area contributed by atoms with Gasteiger partial charge in [0, 0.05) is 34.7 Å². The van der Waals surface area contributed by atoms with E-state index in [0.717, 1.165) is 30.5 Å². The maximum atomic E-state index is 13.1. The highest BCUT2D eigenvalue weighted by atomic mass is 19.4. The second-order valence-corrected chi connectivity index (χ2v) is 15.0. The molecule has 6 aliphatic rings. The number of aliphatic hydroxyl groups is 2. The molecule has 8 rings (SSSR count). The third kappa shape index (κ3) is 4.73. The van der Waals surface area contributed by atoms with Crippen molar-refractivity contribution in [2.45, 2.75) is 98.6 Å². The van der Waals surface area contributed by atoms with Gasteiger partial charge in [0.25, 0.3) is 0 Å². The molecule has 4 bridgehead atoms. The number of phenolic OH excluding ortho intramolecular Hbond substituents is 1. The number of carbonyl (C=O) groups is 2. The number of benzene rings is 2. The number of hydrogen-bond donors (Lipinski definition) is 6. The summed E-state index contributed by atoms with van der Waals surface area (Å²) in [6.45, 7) is 2.06. The standard InChI is InChI=1S/C18H21F3N2O3.C17H22N2O2/c19-18(20,21)9-23-4-3-16-7-11(15(22)25)8-17(16,26)14(23)5-10-1-2-12(24)6-13(10)16;1-10-2-3-11-7-14-17(21)9-12(15(18)20)8-16(17,4-5-19-14)13(11)6-10/h1-2,6,11,14,24,26H,3-5,7-9H2,(H2,22,25);2-3,6,12,14,19,21H,4-5,7-9H2,1H3,(H2,18,20)/t11?,14-,16-,17-;12?,14-,16-,17-/m11/s1. The zero-order valence-electron chi connectivity index (χ0n) is 26.4. The van der Waals surface area contributed by atoms with Gasteiger partial charge in [0.15, 0.2) is 0 Å². The van der Waals surface area contributed by atoms with Crippen LogP contribution in [-0.2, 0) is 33.3 Å². The van der Waals surface area contributed by atoms with E-state index in [-0.39, 0.29) is 54.8 Å². The first-order valence-corrected chi connectivity index (χ1v) is 16.5. The SMILES string of the molecule is Cc1ccc2c(c1)[C@]13CCN[C@H](C2)[C@]1(O)CC(C(N)=O)C3.NC(=O)C1C[C@]23CCN(CC(F)(F)F)[C@H](Cc4ccc(O)cc42)[C@]3(O)C1. The van der Waals surface area contributed by atoms with E-state index >= 15 is 0 Å². The Kier molecular flexibility index (Phi) is 7.34.